The molecule has 6 heteroatoms. The van der Waals surface area contributed by atoms with Gasteiger partial charge in [-0.1, -0.05) is 12.1 Å². The molecule has 4 nitrogen and oxygen atoms in total. The summed E-state index contributed by atoms with van der Waals surface area (Å²) in [4.78, 5) is 0. The molecule has 0 saturated heterocycles. The van der Waals surface area contributed by atoms with Gasteiger partial charge in [0.05, 0.1) is 23.3 Å². The van der Waals surface area contributed by atoms with E-state index in [0.29, 0.717) is 10.8 Å². The Kier molecular flexibility index (Phi) is 3.57. The van der Waals surface area contributed by atoms with Gasteiger partial charge in [0.2, 0.25) is 0 Å². The SMILES string of the molecule is Cc1c(NC(=S)Nc2ccccc2F)cnn1C. The van der Waals surface area contributed by atoms with E-state index in [9.17, 15) is 4.39 Å². The fourth-order valence-electron chi connectivity index (χ4n) is 1.46. The summed E-state index contributed by atoms with van der Waals surface area (Å²) in [5.41, 5.74) is 2.09. The number of aromatic nitrogens is 2. The first-order valence-electron chi connectivity index (χ1n) is 5.39. The van der Waals surface area contributed by atoms with Gasteiger partial charge in [0.25, 0.3) is 0 Å². The van der Waals surface area contributed by atoms with Gasteiger partial charge in [0.1, 0.15) is 5.82 Å². The smallest absolute Gasteiger partial charge is 0.175 e. The maximum absolute atomic E-state index is 13.4. The molecule has 2 N–H and O–H groups in total. The minimum Gasteiger partial charge on any atom is -0.330 e. The zero-order valence-electron chi connectivity index (χ0n) is 10.1. The Morgan fingerprint density at radius 1 is 1.28 bits per heavy atom. The number of para-hydroxylation sites is 1. The van der Waals surface area contributed by atoms with Gasteiger partial charge in [-0.3, -0.25) is 4.68 Å². The Labute approximate surface area is 110 Å². The minimum atomic E-state index is -0.343. The molecule has 0 aliphatic carbocycles. The molecule has 2 rings (SSSR count). The summed E-state index contributed by atoms with van der Waals surface area (Å²) in [6.45, 7) is 1.92. The fraction of sp³-hybridized carbons (Fsp3) is 0.167. The van der Waals surface area contributed by atoms with E-state index in [0.717, 1.165) is 11.4 Å². The summed E-state index contributed by atoms with van der Waals surface area (Å²) >= 11 is 5.12. The van der Waals surface area contributed by atoms with Crippen molar-refractivity contribution < 1.29 is 4.39 Å². The Hall–Kier alpha value is -1.95. The van der Waals surface area contributed by atoms with Gasteiger partial charge in [-0.05, 0) is 31.3 Å². The summed E-state index contributed by atoms with van der Waals surface area (Å²) in [5.74, 6) is -0.343. The van der Waals surface area contributed by atoms with Gasteiger partial charge in [-0.15, -0.1) is 0 Å². The number of anilines is 2. The lowest BCUT2D eigenvalue weighted by Crippen LogP contribution is -2.20. The molecule has 0 atom stereocenters. The highest BCUT2D eigenvalue weighted by atomic mass is 32.1. The molecule has 18 heavy (non-hydrogen) atoms. The average molecular weight is 264 g/mol. The van der Waals surface area contributed by atoms with Crippen LogP contribution in [0.5, 0.6) is 0 Å². The third-order valence-electron chi connectivity index (χ3n) is 2.61. The van der Waals surface area contributed by atoms with Gasteiger partial charge in [-0.25, -0.2) is 4.39 Å². The number of aryl methyl sites for hydroxylation is 1. The molecule has 1 aromatic heterocycles. The number of benzene rings is 1. The molecule has 0 radical (unpaired) electrons. The van der Waals surface area contributed by atoms with Gasteiger partial charge >= 0.3 is 0 Å². The number of rotatable bonds is 2. The lowest BCUT2D eigenvalue weighted by Gasteiger charge is -2.10. The van der Waals surface area contributed by atoms with E-state index in [2.05, 4.69) is 15.7 Å². The Balaban J connectivity index is 2.06. The zero-order chi connectivity index (χ0) is 13.1. The first kappa shape index (κ1) is 12.5. The predicted octanol–water partition coefficient (Wildman–Crippen LogP) is 2.68. The number of thiocarbonyl (C=S) groups is 1. The van der Waals surface area contributed by atoms with Crippen LogP contribution < -0.4 is 10.6 Å². The summed E-state index contributed by atoms with van der Waals surface area (Å²) in [6.07, 6.45) is 1.67. The van der Waals surface area contributed by atoms with Crippen molar-refractivity contribution >= 4 is 28.7 Å². The molecular formula is C12H13FN4S. The molecule has 0 spiro atoms. The second-order valence-corrected chi connectivity index (χ2v) is 4.23. The van der Waals surface area contributed by atoms with Crippen molar-refractivity contribution in [2.75, 3.05) is 10.6 Å². The fourth-order valence-corrected chi connectivity index (χ4v) is 1.68. The highest BCUT2D eigenvalue weighted by Gasteiger charge is 2.07. The van der Waals surface area contributed by atoms with E-state index < -0.39 is 0 Å². The Morgan fingerprint density at radius 2 is 1.94 bits per heavy atom. The molecule has 0 fully saturated rings. The quantitative estimate of drug-likeness (QED) is 0.818. The second-order valence-electron chi connectivity index (χ2n) is 3.83. The molecule has 0 saturated carbocycles. The first-order valence-corrected chi connectivity index (χ1v) is 5.80. The molecule has 2 aromatic rings. The van der Waals surface area contributed by atoms with Crippen molar-refractivity contribution in [3.63, 3.8) is 0 Å². The van der Waals surface area contributed by atoms with Crippen molar-refractivity contribution in [3.05, 3.63) is 42.0 Å². The molecule has 1 aromatic carbocycles. The van der Waals surface area contributed by atoms with E-state index in [1.165, 1.54) is 6.07 Å². The molecule has 0 aliphatic heterocycles. The lowest BCUT2D eigenvalue weighted by molar-refractivity contribution is 0.632. The van der Waals surface area contributed by atoms with Crippen molar-refractivity contribution in [3.8, 4) is 0 Å². The normalized spacial score (nSPS) is 10.2. The van der Waals surface area contributed by atoms with Crippen LogP contribution in [0.4, 0.5) is 15.8 Å². The first-order chi connectivity index (χ1) is 8.58. The summed E-state index contributed by atoms with van der Waals surface area (Å²) in [5, 5.41) is 10.2. The standard InChI is InChI=1S/C12H13FN4S/c1-8-11(7-14-17(8)2)16-12(18)15-10-6-4-3-5-9(10)13/h3-7H,1-2H3,(H2,15,16,18). The third-order valence-corrected chi connectivity index (χ3v) is 2.81. The monoisotopic (exact) mass is 264 g/mol. The van der Waals surface area contributed by atoms with Crippen LogP contribution in [-0.2, 0) is 7.05 Å². The maximum Gasteiger partial charge on any atom is 0.175 e. The number of hydrogen-bond donors (Lipinski definition) is 2. The van der Waals surface area contributed by atoms with Crippen molar-refractivity contribution in [2.24, 2.45) is 7.05 Å². The predicted molar refractivity (Wildman–Crippen MR) is 74.2 cm³/mol. The largest absolute Gasteiger partial charge is 0.330 e. The molecule has 94 valence electrons. The average Bonchev–Trinajstić information content (AvgIpc) is 2.64. The van der Waals surface area contributed by atoms with Gasteiger partial charge in [0, 0.05) is 7.05 Å². The molecule has 1 heterocycles. The molecule has 0 unspecified atom stereocenters. The van der Waals surface area contributed by atoms with Crippen LogP contribution in [0.1, 0.15) is 5.69 Å². The van der Waals surface area contributed by atoms with E-state index in [-0.39, 0.29) is 5.82 Å². The summed E-state index contributed by atoms with van der Waals surface area (Å²) in [6, 6.07) is 6.37. The number of nitrogens with one attached hydrogen (secondary N) is 2. The van der Waals surface area contributed by atoms with Gasteiger partial charge in [0.15, 0.2) is 5.11 Å². The molecule has 0 amide bonds. The van der Waals surface area contributed by atoms with Crippen LogP contribution in [0.15, 0.2) is 30.5 Å². The third kappa shape index (κ3) is 2.65. The van der Waals surface area contributed by atoms with Crippen LogP contribution in [0, 0.1) is 12.7 Å². The van der Waals surface area contributed by atoms with E-state index in [1.807, 2.05) is 14.0 Å². The zero-order valence-corrected chi connectivity index (χ0v) is 10.9. The van der Waals surface area contributed by atoms with E-state index in [1.54, 1.807) is 29.1 Å². The van der Waals surface area contributed by atoms with Crippen LogP contribution in [0.25, 0.3) is 0 Å². The number of nitrogens with zero attached hydrogens (tertiary/aromatic N) is 2. The Morgan fingerprint density at radius 3 is 2.56 bits per heavy atom. The molecule has 0 bridgehead atoms. The van der Waals surface area contributed by atoms with E-state index >= 15 is 0 Å². The lowest BCUT2D eigenvalue weighted by atomic mass is 10.3. The van der Waals surface area contributed by atoms with Crippen LogP contribution in [-0.4, -0.2) is 14.9 Å². The minimum absolute atomic E-state index is 0.330. The van der Waals surface area contributed by atoms with Crippen LogP contribution in [0.2, 0.25) is 0 Å². The number of hydrogen-bond acceptors (Lipinski definition) is 2. The van der Waals surface area contributed by atoms with Crippen LogP contribution in [0.3, 0.4) is 0 Å². The maximum atomic E-state index is 13.4. The van der Waals surface area contributed by atoms with Crippen LogP contribution >= 0.6 is 12.2 Å². The van der Waals surface area contributed by atoms with Crippen molar-refractivity contribution in [1.82, 2.24) is 9.78 Å². The highest BCUT2D eigenvalue weighted by molar-refractivity contribution is 7.80. The highest BCUT2D eigenvalue weighted by Crippen LogP contribution is 2.15. The number of halogens is 1. The topological polar surface area (TPSA) is 41.9 Å². The van der Waals surface area contributed by atoms with E-state index in [4.69, 9.17) is 12.2 Å². The summed E-state index contributed by atoms with van der Waals surface area (Å²) in [7, 11) is 1.84. The van der Waals surface area contributed by atoms with Gasteiger partial charge in [-0.2, -0.15) is 5.10 Å². The van der Waals surface area contributed by atoms with Crippen molar-refractivity contribution in [1.29, 1.82) is 0 Å². The second kappa shape index (κ2) is 5.14. The summed E-state index contributed by atoms with van der Waals surface area (Å²) < 4.78 is 15.1. The Bertz CT molecular complexity index is 579. The molecular weight excluding hydrogens is 251 g/mol. The van der Waals surface area contributed by atoms with Gasteiger partial charge < -0.3 is 10.6 Å². The molecule has 0 aliphatic rings. The van der Waals surface area contributed by atoms with Crippen molar-refractivity contribution in [2.45, 2.75) is 6.92 Å².